The van der Waals surface area contributed by atoms with Gasteiger partial charge in [0.1, 0.15) is 5.75 Å². The van der Waals surface area contributed by atoms with Crippen LogP contribution in [-0.4, -0.2) is 27.2 Å². The van der Waals surface area contributed by atoms with E-state index in [1.807, 2.05) is 13.2 Å². The normalized spacial score (nSPS) is 11.0. The van der Waals surface area contributed by atoms with E-state index >= 15 is 0 Å². The highest BCUT2D eigenvalue weighted by atomic mass is 32.2. The van der Waals surface area contributed by atoms with E-state index in [0.29, 0.717) is 23.7 Å². The molecule has 2 aromatic rings. The van der Waals surface area contributed by atoms with E-state index in [2.05, 4.69) is 10.0 Å². The van der Waals surface area contributed by atoms with Gasteiger partial charge in [0.2, 0.25) is 5.91 Å². The summed E-state index contributed by atoms with van der Waals surface area (Å²) in [5.41, 5.74) is 0.820. The number of nitrogens with one attached hydrogen (secondary N) is 2. The first-order chi connectivity index (χ1) is 11.9. The number of para-hydroxylation sites is 2. The molecule has 2 aromatic carbocycles. The molecule has 2 N–H and O–H groups in total. The largest absolute Gasteiger partial charge is 0.492 e. The standard InChI is InChI=1S/C17H20N2O4S2/c1-4-23-16-8-6-5-7-14(16)19-25(21,22)13-9-10-17(24-3)15(11-13)18-12(2)20/h5-11,19H,4H2,1-3H3,(H,18,20). The lowest BCUT2D eigenvalue weighted by molar-refractivity contribution is -0.114. The third-order valence-electron chi connectivity index (χ3n) is 3.22. The van der Waals surface area contributed by atoms with Gasteiger partial charge in [-0.15, -0.1) is 11.8 Å². The molecule has 0 aromatic heterocycles. The summed E-state index contributed by atoms with van der Waals surface area (Å²) in [4.78, 5) is 12.2. The summed E-state index contributed by atoms with van der Waals surface area (Å²) in [6.07, 6.45) is 1.85. The quantitative estimate of drug-likeness (QED) is 0.718. The lowest BCUT2D eigenvalue weighted by atomic mass is 10.3. The molecular weight excluding hydrogens is 360 g/mol. The van der Waals surface area contributed by atoms with Crippen LogP contribution in [0.25, 0.3) is 0 Å². The Hall–Kier alpha value is -2.19. The van der Waals surface area contributed by atoms with Gasteiger partial charge in [-0.05, 0) is 43.5 Å². The van der Waals surface area contributed by atoms with Crippen LogP contribution in [0.3, 0.4) is 0 Å². The molecule has 25 heavy (non-hydrogen) atoms. The first-order valence-electron chi connectivity index (χ1n) is 7.57. The van der Waals surface area contributed by atoms with Gasteiger partial charge in [-0.1, -0.05) is 12.1 Å². The Morgan fingerprint density at radius 2 is 1.88 bits per heavy atom. The monoisotopic (exact) mass is 380 g/mol. The number of rotatable bonds is 7. The van der Waals surface area contributed by atoms with Gasteiger partial charge in [-0.3, -0.25) is 9.52 Å². The average molecular weight is 380 g/mol. The number of thioether (sulfide) groups is 1. The van der Waals surface area contributed by atoms with Crippen LogP contribution in [-0.2, 0) is 14.8 Å². The number of anilines is 2. The summed E-state index contributed by atoms with van der Waals surface area (Å²) in [6, 6.07) is 11.4. The molecule has 0 fully saturated rings. The van der Waals surface area contributed by atoms with E-state index < -0.39 is 10.0 Å². The highest BCUT2D eigenvalue weighted by molar-refractivity contribution is 7.98. The molecule has 0 atom stereocenters. The van der Waals surface area contributed by atoms with Crippen molar-refractivity contribution >= 4 is 39.1 Å². The smallest absolute Gasteiger partial charge is 0.262 e. The third-order valence-corrected chi connectivity index (χ3v) is 5.38. The average Bonchev–Trinajstić information content (AvgIpc) is 2.56. The van der Waals surface area contributed by atoms with Crippen LogP contribution in [0.2, 0.25) is 0 Å². The molecule has 0 saturated heterocycles. The number of benzene rings is 2. The van der Waals surface area contributed by atoms with Gasteiger partial charge < -0.3 is 10.1 Å². The fourth-order valence-corrected chi connectivity index (χ4v) is 3.81. The Labute approximate surface area is 152 Å². The Morgan fingerprint density at radius 1 is 1.16 bits per heavy atom. The van der Waals surface area contributed by atoms with E-state index in [-0.39, 0.29) is 10.8 Å². The van der Waals surface area contributed by atoms with Crippen molar-refractivity contribution in [2.75, 3.05) is 22.9 Å². The van der Waals surface area contributed by atoms with E-state index in [4.69, 9.17) is 4.74 Å². The number of hydrogen-bond donors (Lipinski definition) is 2. The maximum Gasteiger partial charge on any atom is 0.262 e. The van der Waals surface area contributed by atoms with Crippen molar-refractivity contribution in [3.05, 3.63) is 42.5 Å². The number of sulfonamides is 1. The molecule has 0 radical (unpaired) electrons. The van der Waals surface area contributed by atoms with Gasteiger partial charge in [0.05, 0.1) is 22.9 Å². The van der Waals surface area contributed by atoms with Crippen molar-refractivity contribution in [1.29, 1.82) is 0 Å². The molecule has 0 unspecified atom stereocenters. The molecule has 6 nitrogen and oxygen atoms in total. The summed E-state index contributed by atoms with van der Waals surface area (Å²) in [7, 11) is -3.83. The molecule has 0 saturated carbocycles. The van der Waals surface area contributed by atoms with Crippen molar-refractivity contribution < 1.29 is 17.9 Å². The van der Waals surface area contributed by atoms with Crippen LogP contribution in [0.1, 0.15) is 13.8 Å². The van der Waals surface area contributed by atoms with Crippen molar-refractivity contribution in [2.45, 2.75) is 23.6 Å². The fraction of sp³-hybridized carbons (Fsp3) is 0.235. The van der Waals surface area contributed by atoms with Crippen LogP contribution >= 0.6 is 11.8 Å². The predicted molar refractivity (Wildman–Crippen MR) is 101 cm³/mol. The first-order valence-corrected chi connectivity index (χ1v) is 10.3. The predicted octanol–water partition coefficient (Wildman–Crippen LogP) is 3.57. The highest BCUT2D eigenvalue weighted by Crippen LogP contribution is 2.31. The summed E-state index contributed by atoms with van der Waals surface area (Å²) in [6.45, 7) is 3.63. The number of amides is 1. The van der Waals surface area contributed by atoms with Gasteiger partial charge in [0, 0.05) is 11.8 Å². The molecule has 0 bridgehead atoms. The topological polar surface area (TPSA) is 84.5 Å². The third kappa shape index (κ3) is 4.90. The van der Waals surface area contributed by atoms with Crippen LogP contribution in [0, 0.1) is 0 Å². The van der Waals surface area contributed by atoms with E-state index in [9.17, 15) is 13.2 Å². The SMILES string of the molecule is CCOc1ccccc1NS(=O)(=O)c1ccc(SC)c(NC(C)=O)c1. The molecular formula is C17H20N2O4S2. The number of carbonyl (C=O) groups is 1. The lowest BCUT2D eigenvalue weighted by Gasteiger charge is -2.14. The molecule has 0 aliphatic carbocycles. The van der Waals surface area contributed by atoms with Gasteiger partial charge in [0.25, 0.3) is 10.0 Å². The summed E-state index contributed by atoms with van der Waals surface area (Å²) in [5, 5.41) is 2.66. The minimum absolute atomic E-state index is 0.0559. The molecule has 2 rings (SSSR count). The Balaban J connectivity index is 2.38. The second kappa shape index (κ2) is 8.26. The first kappa shape index (κ1) is 19.1. The molecule has 1 amide bonds. The van der Waals surface area contributed by atoms with Gasteiger partial charge >= 0.3 is 0 Å². The molecule has 0 heterocycles. The van der Waals surface area contributed by atoms with Crippen molar-refractivity contribution in [1.82, 2.24) is 0 Å². The minimum Gasteiger partial charge on any atom is -0.492 e. The second-order valence-corrected chi connectivity index (χ2v) is 7.61. The maximum atomic E-state index is 12.7. The van der Waals surface area contributed by atoms with E-state index in [1.165, 1.54) is 30.8 Å². The van der Waals surface area contributed by atoms with Crippen molar-refractivity contribution in [3.8, 4) is 5.75 Å². The Morgan fingerprint density at radius 3 is 2.52 bits per heavy atom. The maximum absolute atomic E-state index is 12.7. The Kier molecular flexibility index (Phi) is 6.33. The minimum atomic E-state index is -3.83. The fourth-order valence-electron chi connectivity index (χ4n) is 2.18. The number of hydrogen-bond acceptors (Lipinski definition) is 5. The molecule has 8 heteroatoms. The summed E-state index contributed by atoms with van der Waals surface area (Å²) < 4.78 is 33.4. The summed E-state index contributed by atoms with van der Waals surface area (Å²) in [5.74, 6) is 0.191. The second-order valence-electron chi connectivity index (χ2n) is 5.08. The summed E-state index contributed by atoms with van der Waals surface area (Å²) >= 11 is 1.42. The van der Waals surface area contributed by atoms with Gasteiger partial charge in [-0.25, -0.2) is 8.42 Å². The molecule has 134 valence electrons. The van der Waals surface area contributed by atoms with Crippen molar-refractivity contribution in [2.24, 2.45) is 0 Å². The van der Waals surface area contributed by atoms with Gasteiger partial charge in [0.15, 0.2) is 0 Å². The zero-order chi connectivity index (χ0) is 18.4. The van der Waals surface area contributed by atoms with Crippen molar-refractivity contribution in [3.63, 3.8) is 0 Å². The molecule has 0 aliphatic rings. The zero-order valence-electron chi connectivity index (χ0n) is 14.2. The van der Waals surface area contributed by atoms with Crippen LogP contribution in [0.5, 0.6) is 5.75 Å². The van der Waals surface area contributed by atoms with E-state index in [1.54, 1.807) is 30.3 Å². The number of carbonyl (C=O) groups excluding carboxylic acids is 1. The zero-order valence-corrected chi connectivity index (χ0v) is 15.8. The number of ether oxygens (including phenoxy) is 1. The molecule has 0 spiro atoms. The van der Waals surface area contributed by atoms with Crippen LogP contribution < -0.4 is 14.8 Å². The van der Waals surface area contributed by atoms with Crippen LogP contribution in [0.4, 0.5) is 11.4 Å². The van der Waals surface area contributed by atoms with Crippen LogP contribution in [0.15, 0.2) is 52.3 Å². The van der Waals surface area contributed by atoms with Gasteiger partial charge in [-0.2, -0.15) is 0 Å². The Bertz CT molecular complexity index is 867. The lowest BCUT2D eigenvalue weighted by Crippen LogP contribution is -2.15. The molecule has 0 aliphatic heterocycles. The highest BCUT2D eigenvalue weighted by Gasteiger charge is 2.18. The van der Waals surface area contributed by atoms with E-state index in [0.717, 1.165) is 4.90 Å².